The average Bonchev–Trinajstić information content (AvgIpc) is 3.09. The fourth-order valence-corrected chi connectivity index (χ4v) is 4.87. The van der Waals surface area contributed by atoms with Gasteiger partial charge in [0, 0.05) is 16.5 Å². The molecule has 1 aliphatic rings. The molecule has 0 saturated carbocycles. The van der Waals surface area contributed by atoms with Crippen molar-refractivity contribution in [3.63, 3.8) is 0 Å². The molecule has 0 fully saturated rings. The zero-order valence-electron chi connectivity index (χ0n) is 18.1. The van der Waals surface area contributed by atoms with Crippen LogP contribution in [0.4, 0.5) is 0 Å². The number of rotatable bonds is 10. The zero-order valence-corrected chi connectivity index (χ0v) is 19.7. The quantitative estimate of drug-likeness (QED) is 0.371. The van der Waals surface area contributed by atoms with Crippen molar-refractivity contribution < 1.29 is 24.3 Å². The molecule has 174 valence electrons. The van der Waals surface area contributed by atoms with Gasteiger partial charge in [-0.3, -0.25) is 19.2 Å². The number of aliphatic carboxylic acids is 1. The number of benzene rings is 3. The number of imide groups is 1. The van der Waals surface area contributed by atoms with Crippen LogP contribution in [0.15, 0.2) is 72.8 Å². The Bertz CT molecular complexity index is 1160. The maximum atomic E-state index is 12.3. The summed E-state index contributed by atoms with van der Waals surface area (Å²) in [6, 6.07) is 22.2. The highest BCUT2D eigenvalue weighted by Gasteiger charge is 2.36. The van der Waals surface area contributed by atoms with Crippen LogP contribution >= 0.6 is 23.4 Å². The number of halogens is 1. The molecule has 3 aromatic rings. The van der Waals surface area contributed by atoms with Crippen molar-refractivity contribution in [1.29, 1.82) is 0 Å². The molecule has 2 amide bonds. The Hall–Kier alpha value is -3.13. The molecule has 1 atom stereocenters. The highest BCUT2D eigenvalue weighted by Crippen LogP contribution is 2.25. The fraction of sp³-hybridized carbons (Fsp3) is 0.192. The van der Waals surface area contributed by atoms with E-state index >= 15 is 0 Å². The van der Waals surface area contributed by atoms with Crippen LogP contribution in [0.2, 0.25) is 5.02 Å². The third-order valence-electron chi connectivity index (χ3n) is 5.51. The Morgan fingerprint density at radius 2 is 1.47 bits per heavy atom. The number of hydroxylamine groups is 2. The Labute approximate surface area is 206 Å². The lowest BCUT2D eigenvalue weighted by Gasteiger charge is -2.16. The number of carbonyl (C=O) groups is 3. The number of carboxylic acids is 1. The molecule has 0 radical (unpaired) electrons. The SMILES string of the molecule is O=C(O)C(CCON1C(=O)c2ccccc2C1=O)CSCc1ccc(-c2ccc(Cl)cc2)cc1. The first-order valence-electron chi connectivity index (χ1n) is 10.7. The second-order valence-electron chi connectivity index (χ2n) is 7.83. The highest BCUT2D eigenvalue weighted by molar-refractivity contribution is 7.98. The van der Waals surface area contributed by atoms with E-state index in [1.54, 1.807) is 24.3 Å². The number of fused-ring (bicyclic) bond motifs is 1. The van der Waals surface area contributed by atoms with Gasteiger partial charge in [0.05, 0.1) is 23.7 Å². The van der Waals surface area contributed by atoms with E-state index in [9.17, 15) is 19.5 Å². The van der Waals surface area contributed by atoms with E-state index in [-0.39, 0.29) is 13.0 Å². The summed E-state index contributed by atoms with van der Waals surface area (Å²) in [6.07, 6.45) is 0.186. The summed E-state index contributed by atoms with van der Waals surface area (Å²) in [5, 5.41) is 11.0. The molecule has 1 N–H and O–H groups in total. The molecule has 0 bridgehead atoms. The minimum Gasteiger partial charge on any atom is -0.481 e. The normalized spacial score (nSPS) is 13.7. The Morgan fingerprint density at radius 3 is 2.03 bits per heavy atom. The van der Waals surface area contributed by atoms with E-state index in [1.807, 2.05) is 48.5 Å². The van der Waals surface area contributed by atoms with Crippen LogP contribution in [0.3, 0.4) is 0 Å². The van der Waals surface area contributed by atoms with Gasteiger partial charge in [0.15, 0.2) is 0 Å². The maximum Gasteiger partial charge on any atom is 0.307 e. The standard InChI is InChI=1S/C26H22ClNO5S/c27-21-11-9-19(10-12-21)18-7-5-17(6-8-18)15-34-16-20(26(31)32)13-14-33-28-24(29)22-3-1-2-4-23(22)25(28)30/h1-12,20H,13-16H2,(H,31,32). The molecule has 4 rings (SSSR count). The van der Waals surface area contributed by atoms with Gasteiger partial charge in [0.1, 0.15) is 0 Å². The highest BCUT2D eigenvalue weighted by atomic mass is 35.5. The average molecular weight is 496 g/mol. The van der Waals surface area contributed by atoms with Crippen LogP contribution in [0.25, 0.3) is 11.1 Å². The second-order valence-corrected chi connectivity index (χ2v) is 9.29. The van der Waals surface area contributed by atoms with Gasteiger partial charge in [0.25, 0.3) is 11.8 Å². The van der Waals surface area contributed by atoms with Crippen LogP contribution < -0.4 is 0 Å². The van der Waals surface area contributed by atoms with Gasteiger partial charge in [-0.1, -0.05) is 60.1 Å². The van der Waals surface area contributed by atoms with E-state index in [2.05, 4.69) is 0 Å². The maximum absolute atomic E-state index is 12.3. The number of amides is 2. The smallest absolute Gasteiger partial charge is 0.307 e. The molecule has 1 unspecified atom stereocenters. The third-order valence-corrected chi connectivity index (χ3v) is 6.94. The summed E-state index contributed by atoms with van der Waals surface area (Å²) >= 11 is 7.46. The molecule has 1 heterocycles. The molecule has 8 heteroatoms. The lowest BCUT2D eigenvalue weighted by molar-refractivity contribution is -0.143. The summed E-state index contributed by atoms with van der Waals surface area (Å²) in [6.45, 7) is -0.0429. The minimum absolute atomic E-state index is 0.0429. The fourth-order valence-electron chi connectivity index (χ4n) is 3.60. The number of nitrogens with zero attached hydrogens (tertiary/aromatic N) is 1. The van der Waals surface area contributed by atoms with Crippen molar-refractivity contribution >= 4 is 41.1 Å². The van der Waals surface area contributed by atoms with Crippen LogP contribution in [-0.2, 0) is 15.4 Å². The van der Waals surface area contributed by atoms with E-state index < -0.39 is 23.7 Å². The van der Waals surface area contributed by atoms with Gasteiger partial charge in [0.2, 0.25) is 0 Å². The summed E-state index contributed by atoms with van der Waals surface area (Å²) in [4.78, 5) is 41.7. The number of thioether (sulfide) groups is 1. The van der Waals surface area contributed by atoms with Crippen molar-refractivity contribution in [2.75, 3.05) is 12.4 Å². The van der Waals surface area contributed by atoms with E-state index in [0.29, 0.717) is 27.7 Å². The molecule has 0 aliphatic carbocycles. The van der Waals surface area contributed by atoms with E-state index in [4.69, 9.17) is 16.4 Å². The van der Waals surface area contributed by atoms with Crippen LogP contribution in [0.1, 0.15) is 32.7 Å². The van der Waals surface area contributed by atoms with Crippen LogP contribution in [-0.4, -0.2) is 40.3 Å². The first-order valence-corrected chi connectivity index (χ1v) is 12.2. The van der Waals surface area contributed by atoms with Gasteiger partial charge in [-0.05, 0) is 47.4 Å². The van der Waals surface area contributed by atoms with Crippen molar-refractivity contribution in [3.05, 3.63) is 94.5 Å². The molecule has 0 aromatic heterocycles. The van der Waals surface area contributed by atoms with Crippen molar-refractivity contribution in [2.45, 2.75) is 12.2 Å². The predicted molar refractivity (Wildman–Crippen MR) is 132 cm³/mol. The molecule has 0 saturated heterocycles. The first-order chi connectivity index (χ1) is 16.4. The van der Waals surface area contributed by atoms with Crippen molar-refractivity contribution in [3.8, 4) is 11.1 Å². The Balaban J connectivity index is 1.25. The summed E-state index contributed by atoms with van der Waals surface area (Å²) < 4.78 is 0. The second kappa shape index (κ2) is 10.9. The van der Waals surface area contributed by atoms with Gasteiger partial charge in [-0.2, -0.15) is 11.8 Å². The van der Waals surface area contributed by atoms with E-state index in [1.165, 1.54) is 11.8 Å². The zero-order chi connectivity index (χ0) is 24.1. The molecular weight excluding hydrogens is 474 g/mol. The number of carbonyl (C=O) groups excluding carboxylic acids is 2. The van der Waals surface area contributed by atoms with Gasteiger partial charge < -0.3 is 5.11 Å². The van der Waals surface area contributed by atoms with Gasteiger partial charge in [-0.25, -0.2) is 0 Å². The molecule has 6 nitrogen and oxygen atoms in total. The third kappa shape index (κ3) is 5.50. The first kappa shape index (κ1) is 24.0. The molecule has 1 aliphatic heterocycles. The largest absolute Gasteiger partial charge is 0.481 e. The Morgan fingerprint density at radius 1 is 0.912 bits per heavy atom. The van der Waals surface area contributed by atoms with Crippen molar-refractivity contribution in [1.82, 2.24) is 5.06 Å². The van der Waals surface area contributed by atoms with Gasteiger partial charge >= 0.3 is 5.97 Å². The minimum atomic E-state index is -0.934. The molecule has 3 aromatic carbocycles. The van der Waals surface area contributed by atoms with Crippen LogP contribution in [0.5, 0.6) is 0 Å². The molecule has 34 heavy (non-hydrogen) atoms. The lowest BCUT2D eigenvalue weighted by atomic mass is 10.0. The topological polar surface area (TPSA) is 83.9 Å². The lowest BCUT2D eigenvalue weighted by Crippen LogP contribution is -2.31. The predicted octanol–water partition coefficient (Wildman–Crippen LogP) is 5.56. The van der Waals surface area contributed by atoms with Crippen molar-refractivity contribution in [2.24, 2.45) is 5.92 Å². The van der Waals surface area contributed by atoms with Gasteiger partial charge in [-0.15, -0.1) is 5.06 Å². The summed E-state index contributed by atoms with van der Waals surface area (Å²) in [5.74, 6) is -1.58. The summed E-state index contributed by atoms with van der Waals surface area (Å²) in [7, 11) is 0. The number of hydrogen-bond acceptors (Lipinski definition) is 5. The Kier molecular flexibility index (Phi) is 7.67. The summed E-state index contributed by atoms with van der Waals surface area (Å²) in [5.41, 5.74) is 3.83. The number of hydrogen-bond donors (Lipinski definition) is 1. The van der Waals surface area contributed by atoms with E-state index in [0.717, 1.165) is 21.8 Å². The number of carboxylic acid groups (broad SMARTS) is 1. The molecule has 0 spiro atoms. The monoisotopic (exact) mass is 495 g/mol. The van der Waals surface area contributed by atoms with Crippen LogP contribution in [0, 0.1) is 5.92 Å². The molecular formula is C26H22ClNO5S.